The van der Waals surface area contributed by atoms with Crippen molar-refractivity contribution in [3.05, 3.63) is 36.4 Å². The third-order valence-electron chi connectivity index (χ3n) is 5.12. The zero-order valence-corrected chi connectivity index (χ0v) is 20.1. The van der Waals surface area contributed by atoms with Crippen molar-refractivity contribution in [1.82, 2.24) is 4.31 Å². The number of benzene rings is 2. The highest BCUT2D eigenvalue weighted by Crippen LogP contribution is 2.33. The molecule has 1 heterocycles. The summed E-state index contributed by atoms with van der Waals surface area (Å²) >= 11 is 1.33. The van der Waals surface area contributed by atoms with Gasteiger partial charge < -0.3 is 19.5 Å². The Morgan fingerprint density at radius 1 is 0.938 bits per heavy atom. The number of carbonyl (C=O) groups excluding carboxylic acids is 1. The quantitative estimate of drug-likeness (QED) is 0.548. The summed E-state index contributed by atoms with van der Waals surface area (Å²) in [7, 11) is 0.967. The molecule has 8 nitrogen and oxygen atoms in total. The lowest BCUT2D eigenvalue weighted by atomic mass is 10.2. The van der Waals surface area contributed by atoms with Gasteiger partial charge in [0.1, 0.15) is 5.75 Å². The molecule has 0 unspecified atom stereocenters. The van der Waals surface area contributed by atoms with E-state index >= 15 is 0 Å². The van der Waals surface area contributed by atoms with Crippen molar-refractivity contribution in [2.24, 2.45) is 0 Å². The van der Waals surface area contributed by atoms with Crippen LogP contribution in [-0.2, 0) is 14.8 Å². The molecule has 0 aliphatic carbocycles. The number of carbonyl (C=O) groups is 1. The summed E-state index contributed by atoms with van der Waals surface area (Å²) in [4.78, 5) is 13.6. The molecule has 0 spiro atoms. The van der Waals surface area contributed by atoms with E-state index in [0.29, 0.717) is 36.0 Å². The van der Waals surface area contributed by atoms with Crippen LogP contribution in [0.4, 0.5) is 5.69 Å². The summed E-state index contributed by atoms with van der Waals surface area (Å²) in [6.45, 7) is 1.02. The van der Waals surface area contributed by atoms with E-state index < -0.39 is 10.0 Å². The number of nitrogens with zero attached hydrogens (tertiary/aromatic N) is 1. The minimum Gasteiger partial charge on any atom is -0.495 e. The molecule has 3 rings (SSSR count). The van der Waals surface area contributed by atoms with E-state index in [1.54, 1.807) is 32.4 Å². The summed E-state index contributed by atoms with van der Waals surface area (Å²) < 4.78 is 43.3. The number of nitrogens with one attached hydrogen (secondary N) is 1. The molecule has 32 heavy (non-hydrogen) atoms. The van der Waals surface area contributed by atoms with Crippen LogP contribution in [0.1, 0.15) is 19.3 Å². The molecule has 1 aliphatic heterocycles. The van der Waals surface area contributed by atoms with E-state index in [9.17, 15) is 13.2 Å². The van der Waals surface area contributed by atoms with Crippen molar-refractivity contribution in [3.8, 4) is 17.2 Å². The number of anilines is 1. The van der Waals surface area contributed by atoms with Gasteiger partial charge in [0.05, 0.1) is 37.7 Å². The third-order valence-corrected chi connectivity index (χ3v) is 8.01. The van der Waals surface area contributed by atoms with E-state index in [4.69, 9.17) is 14.2 Å². The van der Waals surface area contributed by atoms with Crippen LogP contribution >= 0.6 is 11.8 Å². The Morgan fingerprint density at radius 3 is 2.25 bits per heavy atom. The van der Waals surface area contributed by atoms with Gasteiger partial charge >= 0.3 is 0 Å². The van der Waals surface area contributed by atoms with Crippen molar-refractivity contribution in [1.29, 1.82) is 0 Å². The Balaban J connectivity index is 1.72. The first kappa shape index (κ1) is 24.2. The molecule has 1 N–H and O–H groups in total. The predicted octanol–water partition coefficient (Wildman–Crippen LogP) is 3.62. The Morgan fingerprint density at radius 2 is 1.59 bits per heavy atom. The van der Waals surface area contributed by atoms with Crippen LogP contribution in [0.3, 0.4) is 0 Å². The SMILES string of the molecule is COc1ccc(S(=O)(=O)N2CCCCC2)cc1NC(=O)CSc1ccc(OC)c(OC)c1. The highest BCUT2D eigenvalue weighted by Gasteiger charge is 2.27. The van der Waals surface area contributed by atoms with Gasteiger partial charge in [-0.1, -0.05) is 6.42 Å². The van der Waals surface area contributed by atoms with Crippen LogP contribution < -0.4 is 19.5 Å². The van der Waals surface area contributed by atoms with E-state index in [2.05, 4.69) is 5.32 Å². The summed E-state index contributed by atoms with van der Waals surface area (Å²) in [5, 5.41) is 2.77. The molecule has 2 aromatic carbocycles. The molecule has 1 amide bonds. The highest BCUT2D eigenvalue weighted by molar-refractivity contribution is 8.00. The maximum absolute atomic E-state index is 13.0. The first-order chi connectivity index (χ1) is 15.4. The van der Waals surface area contributed by atoms with Gasteiger partial charge in [0.25, 0.3) is 0 Å². The summed E-state index contributed by atoms with van der Waals surface area (Å²) in [6.07, 6.45) is 2.74. The molecule has 2 aromatic rings. The van der Waals surface area contributed by atoms with E-state index in [0.717, 1.165) is 24.2 Å². The topological polar surface area (TPSA) is 94.2 Å². The molecular weight excluding hydrogens is 452 g/mol. The molecule has 0 bridgehead atoms. The zero-order valence-electron chi connectivity index (χ0n) is 18.4. The minimum atomic E-state index is -3.62. The maximum Gasteiger partial charge on any atom is 0.243 e. The second-order valence-corrected chi connectivity index (χ2v) is 10.2. The number of ether oxygens (including phenoxy) is 3. The Bertz CT molecular complexity index is 1050. The second-order valence-electron chi connectivity index (χ2n) is 7.18. The fraction of sp³-hybridized carbons (Fsp3) is 0.409. The minimum absolute atomic E-state index is 0.127. The lowest BCUT2D eigenvalue weighted by Gasteiger charge is -2.26. The van der Waals surface area contributed by atoms with Crippen molar-refractivity contribution in [3.63, 3.8) is 0 Å². The Kier molecular flexibility index (Phi) is 8.27. The lowest BCUT2D eigenvalue weighted by Crippen LogP contribution is -2.35. The molecule has 0 atom stereocenters. The number of amides is 1. The molecule has 1 fully saturated rings. The van der Waals surface area contributed by atoms with E-state index in [1.807, 2.05) is 6.07 Å². The number of rotatable bonds is 9. The smallest absolute Gasteiger partial charge is 0.243 e. The first-order valence-electron chi connectivity index (χ1n) is 10.2. The van der Waals surface area contributed by atoms with Gasteiger partial charge in [0, 0.05) is 18.0 Å². The number of sulfonamides is 1. The molecule has 1 aliphatic rings. The average Bonchev–Trinajstić information content (AvgIpc) is 2.83. The number of piperidine rings is 1. The van der Waals surface area contributed by atoms with Gasteiger partial charge in [-0.3, -0.25) is 4.79 Å². The van der Waals surface area contributed by atoms with Crippen molar-refractivity contribution in [2.75, 3.05) is 45.5 Å². The standard InChI is InChI=1S/C22H28N2O6S2/c1-28-19-10-8-17(32(26,27)24-11-5-4-6-12-24)14-18(19)23-22(25)15-31-16-7-9-20(29-2)21(13-16)30-3/h7-10,13-14H,4-6,11-12,15H2,1-3H3,(H,23,25). The van der Waals surface area contributed by atoms with Crippen molar-refractivity contribution < 1.29 is 27.4 Å². The van der Waals surface area contributed by atoms with E-state index in [1.165, 1.54) is 35.3 Å². The van der Waals surface area contributed by atoms with Gasteiger partial charge in [-0.25, -0.2) is 8.42 Å². The fourth-order valence-electron chi connectivity index (χ4n) is 3.44. The maximum atomic E-state index is 13.0. The number of hydrogen-bond acceptors (Lipinski definition) is 7. The van der Waals surface area contributed by atoms with Crippen LogP contribution in [0.2, 0.25) is 0 Å². The molecule has 10 heteroatoms. The molecule has 0 radical (unpaired) electrons. The predicted molar refractivity (Wildman–Crippen MR) is 125 cm³/mol. The normalized spacial score (nSPS) is 14.6. The van der Waals surface area contributed by atoms with Gasteiger partial charge in [-0.15, -0.1) is 11.8 Å². The largest absolute Gasteiger partial charge is 0.495 e. The summed E-state index contributed by atoms with van der Waals surface area (Å²) in [5.74, 6) is 1.43. The third kappa shape index (κ3) is 5.67. The van der Waals surface area contributed by atoms with Crippen molar-refractivity contribution in [2.45, 2.75) is 29.1 Å². The van der Waals surface area contributed by atoms with Crippen LogP contribution in [0.25, 0.3) is 0 Å². The number of hydrogen-bond donors (Lipinski definition) is 1. The van der Waals surface area contributed by atoms with Gasteiger partial charge in [-0.2, -0.15) is 4.31 Å². The van der Waals surface area contributed by atoms with E-state index in [-0.39, 0.29) is 16.6 Å². The van der Waals surface area contributed by atoms with Gasteiger partial charge in [0.2, 0.25) is 15.9 Å². The van der Waals surface area contributed by atoms with Crippen LogP contribution in [0.5, 0.6) is 17.2 Å². The van der Waals surface area contributed by atoms with Crippen LogP contribution in [0, 0.1) is 0 Å². The van der Waals surface area contributed by atoms with Crippen LogP contribution in [0.15, 0.2) is 46.2 Å². The Labute approximate surface area is 193 Å². The molecule has 0 aromatic heterocycles. The van der Waals surface area contributed by atoms with Gasteiger partial charge in [-0.05, 0) is 49.2 Å². The molecule has 174 valence electrons. The van der Waals surface area contributed by atoms with Crippen molar-refractivity contribution >= 4 is 33.4 Å². The lowest BCUT2D eigenvalue weighted by molar-refractivity contribution is -0.113. The summed E-state index contributed by atoms with van der Waals surface area (Å²) in [6, 6.07) is 9.94. The number of methoxy groups -OCH3 is 3. The monoisotopic (exact) mass is 480 g/mol. The van der Waals surface area contributed by atoms with Crippen LogP contribution in [-0.4, -0.2) is 58.8 Å². The highest BCUT2D eigenvalue weighted by atomic mass is 32.2. The zero-order chi connectivity index (χ0) is 23.1. The first-order valence-corrected chi connectivity index (χ1v) is 12.6. The number of thioether (sulfide) groups is 1. The fourth-order valence-corrected chi connectivity index (χ4v) is 5.71. The molecule has 1 saturated heterocycles. The molecule has 0 saturated carbocycles. The Hall–Kier alpha value is -2.43. The molecular formula is C22H28N2O6S2. The second kappa shape index (κ2) is 10.9. The average molecular weight is 481 g/mol. The van der Waals surface area contributed by atoms with Gasteiger partial charge in [0.15, 0.2) is 11.5 Å². The summed E-state index contributed by atoms with van der Waals surface area (Å²) in [5.41, 5.74) is 0.323.